The van der Waals surface area contributed by atoms with E-state index < -0.39 is 39.7 Å². The number of hydrogen-bond acceptors (Lipinski definition) is 28. The number of nitrogens with zero attached hydrogens (tertiary/aromatic N) is 15. The molecule has 0 fully saturated rings. The summed E-state index contributed by atoms with van der Waals surface area (Å²) in [5, 5.41) is 49.1. The van der Waals surface area contributed by atoms with Gasteiger partial charge >= 0.3 is 0 Å². The molecule has 2 aromatic carbocycles. The third kappa shape index (κ3) is 112. The average Bonchev–Trinajstić information content (AvgIpc) is 0.843. The Kier molecular flexibility index (Phi) is 110. The molecule has 47 heteroatoms. The molecular weight excluding hydrogens is 2460 g/mol. The number of sulfonamides is 2. The van der Waals surface area contributed by atoms with Gasteiger partial charge in [-0.1, -0.05) is 80.6 Å². The smallest absolute Gasteiger partial charge is 0.279 e. The molecule has 2 amide bonds. The number of alkyl halides is 3. The minimum atomic E-state index is -3.07. The van der Waals surface area contributed by atoms with Crippen LogP contribution in [0.2, 0.25) is 0 Å². The molecule has 0 atom stereocenters. The Balaban J connectivity index is -0.000000236. The van der Waals surface area contributed by atoms with E-state index in [1.165, 1.54) is 43.7 Å². The van der Waals surface area contributed by atoms with Crippen molar-refractivity contribution in [2.75, 3.05) is 279 Å². The van der Waals surface area contributed by atoms with Crippen LogP contribution in [0.1, 0.15) is 161 Å². The largest absolute Gasteiger partial charge is 1.00 e. The fraction of sp³-hybridized carbons (Fsp3) is 0.782. The molecule has 2 aromatic rings. The number of aryl methyl sites for hydroxylation is 2. The number of nitro benzene ring substituents is 4. The molecule has 2 rings (SSSR count). The highest BCUT2D eigenvalue weighted by Crippen LogP contribution is 2.28. The Labute approximate surface area is 894 Å². The standard InChI is InChI=1S/C21H34N5O5.C16H32N4O2.C15H33N4O3S.C13H17IN2O5.C8H16INO2.C7H16INO3S.C7H14N2.3HI/c1-4-22-18-23-12-8-13-26(2,3)14-16-31-15-7-5-6-9-19-10-11-20(24(27)28)17-21(19)25(29)30;1-5-17-15-18-9-8-11-20(3,4)12-14-22-13-7-6-10-19-16(2)21;1-5-16-15-17-9-8-11-19(2,3)12-14-22-13-7-6-10-18-23(4,20)21;14-7-9-21-8-3-1-2-4-11-5-6-12(15(17)18)10-13(11)16(19)20;1-8(11)10-5-2-3-6-12-7-4-9;1-13(10,11)9-5-2-3-6-12-7-4-8;1-4-8-6-5-7-9(2)3;;;/h10-11,17H,4-9,12-16H2,1-3H3;5-14H2,1-4H3;18H,5-14H2,1-4H3;5-6,10H,1-4,7-9H2;2-7H2,1H3,(H,10,11);9H,2-7H2,1H3;1,5-7H2,2-3H3;3*1H/q+1;;+1;;;;;;;/p-2. The second kappa shape index (κ2) is 101. The molecule has 0 aromatic heterocycles. The number of carbonyl (C=O) groups is 2. The maximum atomic E-state index is 11.2. The van der Waals surface area contributed by atoms with Gasteiger partial charge in [0.2, 0.25) is 31.9 Å². The number of amides is 2. The number of hydrogen-bond donors (Lipinski definition) is 4. The van der Waals surface area contributed by atoms with Crippen molar-refractivity contribution in [1.82, 2.24) is 25.0 Å². The first-order chi connectivity index (χ1) is 62.2. The Morgan fingerprint density at radius 1 is 0.403 bits per heavy atom. The van der Waals surface area contributed by atoms with Gasteiger partial charge in [-0.05, 0) is 162 Å². The van der Waals surface area contributed by atoms with Crippen molar-refractivity contribution < 1.29 is 160 Å². The number of nitrogens with one attached hydrogen (secondary N) is 4. The van der Waals surface area contributed by atoms with Crippen molar-refractivity contribution in [2.45, 2.75) is 163 Å². The van der Waals surface area contributed by atoms with E-state index in [1.54, 1.807) is 6.92 Å². The van der Waals surface area contributed by atoms with E-state index >= 15 is 0 Å². The van der Waals surface area contributed by atoms with Crippen LogP contribution < -0.4 is 92.0 Å². The summed E-state index contributed by atoms with van der Waals surface area (Å²) in [4.78, 5) is 92.5. The van der Waals surface area contributed by atoms with Gasteiger partial charge in [0.15, 0.2) is 0 Å². The molecule has 0 saturated heterocycles. The van der Waals surface area contributed by atoms with Gasteiger partial charge in [0.25, 0.3) is 22.7 Å². The van der Waals surface area contributed by atoms with E-state index in [4.69, 9.17) is 28.4 Å². The van der Waals surface area contributed by atoms with E-state index in [-0.39, 0.29) is 106 Å². The first-order valence-corrected chi connectivity index (χ1v) is 53.4. The molecule has 0 spiro atoms. The Bertz CT molecular complexity index is 3780. The zero-order chi connectivity index (χ0) is 99.6. The van der Waals surface area contributed by atoms with Crippen molar-refractivity contribution >= 4 is 146 Å². The Morgan fingerprint density at radius 3 is 0.940 bits per heavy atom. The van der Waals surface area contributed by atoms with E-state index in [0.29, 0.717) is 83.2 Å². The van der Waals surface area contributed by atoms with Crippen molar-refractivity contribution in [3.05, 3.63) is 94.6 Å². The van der Waals surface area contributed by atoms with Crippen LogP contribution in [-0.4, -0.2) is 370 Å². The summed E-state index contributed by atoms with van der Waals surface area (Å²) >= 11 is 6.78. The monoisotopic (exact) mass is 2620 g/mol. The predicted octanol–water partition coefficient (Wildman–Crippen LogP) is 4.06. The molecular formula is C87H163I6N19O20S2. The molecule has 39 nitrogen and oxygen atoms in total. The molecule has 0 radical (unpaired) electrons. The summed E-state index contributed by atoms with van der Waals surface area (Å²) in [6.45, 7) is 36.1. The molecule has 134 heavy (non-hydrogen) atoms. The van der Waals surface area contributed by atoms with Crippen LogP contribution in [0.4, 0.5) is 22.7 Å². The number of rotatable bonds is 72. The van der Waals surface area contributed by atoms with Crippen LogP contribution in [-0.2, 0) is 70.9 Å². The molecule has 0 saturated carbocycles. The lowest BCUT2D eigenvalue weighted by atomic mass is 10.0. The second-order valence-electron chi connectivity index (χ2n) is 31.9. The molecule has 0 aliphatic carbocycles. The van der Waals surface area contributed by atoms with Gasteiger partial charge in [-0.2, -0.15) is 0 Å². The number of unbranched alkanes of at least 4 members (excludes halogenated alkanes) is 8. The zero-order valence-corrected chi connectivity index (χ0v) is 97.2. The highest BCUT2D eigenvalue weighted by Gasteiger charge is 2.22. The Hall–Kier alpha value is -3.63. The molecule has 0 heterocycles. The van der Waals surface area contributed by atoms with Gasteiger partial charge in [-0.15, -0.1) is 0 Å². The number of ether oxygens (including phenoxy) is 6. The number of halogens is 6. The number of benzene rings is 2. The number of nitro groups is 4. The maximum absolute atomic E-state index is 11.2. The summed E-state index contributed by atoms with van der Waals surface area (Å²) in [6, 6.07) is 15.7. The fourth-order valence-corrected chi connectivity index (χ4v) is 12.6. The summed E-state index contributed by atoms with van der Waals surface area (Å²) in [7, 11) is 11.2. The number of likely N-dealkylation sites (N-methyl/N-ethyl adjacent to an activating group) is 3. The van der Waals surface area contributed by atoms with Crippen molar-refractivity contribution in [2.24, 2.45) is 34.9 Å². The number of quaternary nitrogens is 3. The average molecular weight is 2620 g/mol. The molecule has 780 valence electrons. The van der Waals surface area contributed by atoms with Gasteiger partial charge in [0.1, 0.15) is 19.6 Å². The van der Waals surface area contributed by atoms with Crippen LogP contribution >= 0.6 is 67.8 Å². The lowest BCUT2D eigenvalue weighted by Gasteiger charge is -2.29. The third-order valence-corrected chi connectivity index (χ3v) is 20.7. The molecule has 0 unspecified atom stereocenters. The normalized spacial score (nSPS) is 10.7. The zero-order valence-electron chi connectivity index (χ0n) is 82.6. The van der Waals surface area contributed by atoms with Crippen molar-refractivity contribution in [1.29, 1.82) is 0 Å². The second-order valence-corrected chi connectivity index (χ2v) is 38.8. The SMILES string of the molecule is C=C=NCCCN(C)C.CC(=O)NCCCCOCCI.CCN=C=NCCC[N+](C)(C)CCOCCCCCc1ccc([N+](=O)[O-])cc1[N+](=O)[O-].CCN=C=NCCC[N+](C)(C)CCOCCCCNC(C)=O.CCN=C=NCCC[N+](C)(C)CCOCCCCNS(C)(=O)=O.CS(=O)(=O)NCCCCOCCI.O=[N+]([O-])c1ccc(CCCCCOCCI)c([N+](=O)[O-])c1.[I-].[I-].[I-]. The van der Waals surface area contributed by atoms with Crippen LogP contribution in [0.25, 0.3) is 0 Å². The van der Waals surface area contributed by atoms with E-state index in [0.717, 1.165) is 292 Å². The van der Waals surface area contributed by atoms with E-state index in [2.05, 4.69) is 215 Å². The minimum absolute atomic E-state index is 0. The van der Waals surface area contributed by atoms with Gasteiger partial charge < -0.3 is 129 Å². The summed E-state index contributed by atoms with van der Waals surface area (Å²) < 4.78 is 86.5. The lowest BCUT2D eigenvalue weighted by molar-refractivity contribution is -0.890. The van der Waals surface area contributed by atoms with Crippen LogP contribution in [0.15, 0.2) is 77.9 Å². The van der Waals surface area contributed by atoms with Gasteiger partial charge in [0, 0.05) is 162 Å². The highest BCUT2D eigenvalue weighted by atomic mass is 127. The highest BCUT2D eigenvalue weighted by molar-refractivity contribution is 14.1. The summed E-state index contributed by atoms with van der Waals surface area (Å²) in [6.07, 6.45) is 20.0. The molecule has 0 aliphatic rings. The van der Waals surface area contributed by atoms with Crippen molar-refractivity contribution in [3.63, 3.8) is 0 Å². The van der Waals surface area contributed by atoms with Crippen LogP contribution in [0.3, 0.4) is 0 Å². The molecule has 0 bridgehead atoms. The number of carbonyl (C=O) groups excluding carboxylic acids is 2. The third-order valence-electron chi connectivity index (χ3n) is 17.9. The molecule has 4 N–H and O–H groups in total. The fourth-order valence-electron chi connectivity index (χ4n) is 10.7. The Morgan fingerprint density at radius 2 is 0.687 bits per heavy atom. The van der Waals surface area contributed by atoms with Crippen molar-refractivity contribution in [3.8, 4) is 0 Å². The number of aliphatic imine (C=N–C) groups is 7. The topological polar surface area (TPSA) is 468 Å². The first kappa shape index (κ1) is 146. The van der Waals surface area contributed by atoms with Gasteiger partial charge in [-0.25, -0.2) is 61.2 Å². The van der Waals surface area contributed by atoms with E-state index in [9.17, 15) is 66.9 Å². The molecule has 0 aliphatic heterocycles. The summed E-state index contributed by atoms with van der Waals surface area (Å²) in [5.41, 5.74) is 0.194. The quantitative estimate of drug-likeness (QED) is 0.0138. The van der Waals surface area contributed by atoms with Gasteiger partial charge in [-0.3, -0.25) is 50.0 Å². The predicted molar refractivity (Wildman–Crippen MR) is 552 cm³/mol. The lowest BCUT2D eigenvalue weighted by Crippen LogP contribution is -3.00. The van der Waals surface area contributed by atoms with Crippen LogP contribution in [0, 0.1) is 40.5 Å². The van der Waals surface area contributed by atoms with Crippen LogP contribution in [0.5, 0.6) is 0 Å². The van der Waals surface area contributed by atoms with Gasteiger partial charge in [0.05, 0.1) is 184 Å². The minimum Gasteiger partial charge on any atom is -1.00 e. The number of non-ortho nitro benzene ring substituents is 2. The summed E-state index contributed by atoms with van der Waals surface area (Å²) in [5.74, 6) is 2.58. The van der Waals surface area contributed by atoms with E-state index in [1.807, 2.05) is 20.8 Å². The maximum Gasteiger partial charge on any atom is 0.279 e. The first-order valence-electron chi connectivity index (χ1n) is 45.1.